The summed E-state index contributed by atoms with van der Waals surface area (Å²) in [5.41, 5.74) is 5.91. The first kappa shape index (κ1) is 22.5. The zero-order chi connectivity index (χ0) is 23.5. The maximum atomic E-state index is 12.9. The molecule has 1 aromatic heterocycles. The molecule has 1 aliphatic heterocycles. The van der Waals surface area contributed by atoms with E-state index in [9.17, 15) is 13.2 Å². The lowest BCUT2D eigenvalue weighted by Gasteiger charge is -2.28. The fraction of sp³-hybridized carbons (Fsp3) is 0.148. The van der Waals surface area contributed by atoms with Crippen LogP contribution in [0, 0.1) is 0 Å². The number of anilines is 1. The van der Waals surface area contributed by atoms with E-state index in [0.717, 1.165) is 27.8 Å². The van der Waals surface area contributed by atoms with Gasteiger partial charge < -0.3 is 5.32 Å². The number of fused-ring (bicyclic) bond motifs is 1. The molecule has 0 unspecified atom stereocenters. The van der Waals surface area contributed by atoms with Crippen LogP contribution in [-0.2, 0) is 34.2 Å². The molecule has 4 aromatic rings. The molecular formula is C27H24N2O3S2. The van der Waals surface area contributed by atoms with Gasteiger partial charge in [0.2, 0.25) is 5.91 Å². The molecule has 0 atom stereocenters. The number of hydrogen-bond acceptors (Lipinski definition) is 4. The van der Waals surface area contributed by atoms with Gasteiger partial charge >= 0.3 is 0 Å². The van der Waals surface area contributed by atoms with Crippen LogP contribution in [0.15, 0.2) is 94.5 Å². The molecule has 1 aliphatic rings. The van der Waals surface area contributed by atoms with Crippen molar-refractivity contribution in [1.29, 1.82) is 0 Å². The van der Waals surface area contributed by atoms with E-state index in [1.807, 2.05) is 60.7 Å². The molecule has 0 saturated heterocycles. The largest absolute Gasteiger partial charge is 0.326 e. The minimum absolute atomic E-state index is 0.105. The van der Waals surface area contributed by atoms with Gasteiger partial charge in [-0.3, -0.25) is 4.79 Å². The lowest BCUT2D eigenvalue weighted by atomic mass is 10.0. The normalized spacial score (nSPS) is 13.9. The SMILES string of the molecule is O=C(Cc1ccc(-c2ccccc2)cc1)Nc1ccc2c(c1)CN(S(=O)(=O)c1cccs1)CC2. The molecule has 0 fully saturated rings. The van der Waals surface area contributed by atoms with Gasteiger partial charge in [0.05, 0.1) is 6.42 Å². The lowest BCUT2D eigenvalue weighted by molar-refractivity contribution is -0.115. The number of sulfonamides is 1. The van der Waals surface area contributed by atoms with E-state index in [1.54, 1.807) is 17.5 Å². The summed E-state index contributed by atoms with van der Waals surface area (Å²) in [5.74, 6) is -0.105. The standard InChI is InChI=1S/C27H24N2O3S2/c30-26(17-20-8-10-22(11-9-20)21-5-2-1-3-6-21)28-25-13-12-23-14-15-29(19-24(23)18-25)34(31,32)27-7-4-16-33-27/h1-13,16,18H,14-15,17,19H2,(H,28,30). The molecule has 2 heterocycles. The number of nitrogens with one attached hydrogen (secondary N) is 1. The zero-order valence-electron chi connectivity index (χ0n) is 18.5. The molecule has 1 N–H and O–H groups in total. The van der Waals surface area contributed by atoms with Crippen molar-refractivity contribution in [3.05, 3.63) is 107 Å². The number of benzene rings is 3. The Morgan fingerprint density at radius 2 is 1.65 bits per heavy atom. The van der Waals surface area contributed by atoms with Crippen LogP contribution in [0.25, 0.3) is 11.1 Å². The molecule has 0 radical (unpaired) electrons. The van der Waals surface area contributed by atoms with Gasteiger partial charge in [-0.2, -0.15) is 4.31 Å². The van der Waals surface area contributed by atoms with E-state index in [-0.39, 0.29) is 12.3 Å². The Bertz CT molecular complexity index is 1400. The average Bonchev–Trinajstić information content (AvgIpc) is 3.41. The molecule has 0 saturated carbocycles. The summed E-state index contributed by atoms with van der Waals surface area (Å²) in [7, 11) is -3.50. The first-order valence-corrected chi connectivity index (χ1v) is 13.4. The summed E-state index contributed by atoms with van der Waals surface area (Å²) >= 11 is 1.23. The van der Waals surface area contributed by atoms with E-state index in [1.165, 1.54) is 15.6 Å². The van der Waals surface area contributed by atoms with Gasteiger partial charge in [0.25, 0.3) is 10.0 Å². The number of rotatable bonds is 6. The van der Waals surface area contributed by atoms with Crippen molar-refractivity contribution in [1.82, 2.24) is 4.31 Å². The predicted octanol–water partition coefficient (Wildman–Crippen LogP) is 5.34. The second-order valence-electron chi connectivity index (χ2n) is 8.29. The van der Waals surface area contributed by atoms with Crippen molar-refractivity contribution >= 4 is 33.0 Å². The van der Waals surface area contributed by atoms with Crippen molar-refractivity contribution in [3.63, 3.8) is 0 Å². The smallest absolute Gasteiger partial charge is 0.252 e. The first-order chi connectivity index (χ1) is 16.5. The maximum absolute atomic E-state index is 12.9. The summed E-state index contributed by atoms with van der Waals surface area (Å²) < 4.78 is 27.7. The highest BCUT2D eigenvalue weighted by Gasteiger charge is 2.29. The molecule has 5 rings (SSSR count). The Kier molecular flexibility index (Phi) is 6.32. The number of nitrogens with zero attached hydrogens (tertiary/aromatic N) is 1. The third-order valence-electron chi connectivity index (χ3n) is 5.98. The van der Waals surface area contributed by atoms with Crippen LogP contribution in [0.1, 0.15) is 16.7 Å². The van der Waals surface area contributed by atoms with Gasteiger partial charge in [-0.25, -0.2) is 8.42 Å². The summed E-state index contributed by atoms with van der Waals surface area (Å²) in [6.07, 6.45) is 0.924. The average molecular weight is 489 g/mol. The van der Waals surface area contributed by atoms with E-state index in [2.05, 4.69) is 17.4 Å². The zero-order valence-corrected chi connectivity index (χ0v) is 20.1. The van der Waals surface area contributed by atoms with Gasteiger partial charge in [0.1, 0.15) is 4.21 Å². The Morgan fingerprint density at radius 3 is 2.38 bits per heavy atom. The van der Waals surface area contributed by atoms with Gasteiger partial charge in [-0.1, -0.05) is 66.7 Å². The topological polar surface area (TPSA) is 66.5 Å². The van der Waals surface area contributed by atoms with E-state index < -0.39 is 10.0 Å². The molecule has 7 heteroatoms. The van der Waals surface area contributed by atoms with Crippen LogP contribution in [0.4, 0.5) is 5.69 Å². The Hall–Kier alpha value is -3.26. The molecule has 0 spiro atoms. The number of thiophene rings is 1. The lowest BCUT2D eigenvalue weighted by Crippen LogP contribution is -2.35. The highest BCUT2D eigenvalue weighted by Crippen LogP contribution is 2.29. The molecule has 172 valence electrons. The number of amides is 1. The molecule has 0 aliphatic carbocycles. The van der Waals surface area contributed by atoms with Crippen LogP contribution in [0.3, 0.4) is 0 Å². The van der Waals surface area contributed by atoms with Crippen LogP contribution in [0.5, 0.6) is 0 Å². The number of carbonyl (C=O) groups is 1. The van der Waals surface area contributed by atoms with Crippen molar-refractivity contribution in [3.8, 4) is 11.1 Å². The van der Waals surface area contributed by atoms with Gasteiger partial charge in [0, 0.05) is 18.8 Å². The van der Waals surface area contributed by atoms with Crippen LogP contribution in [-0.4, -0.2) is 25.2 Å². The molecule has 1 amide bonds. The number of carbonyl (C=O) groups excluding carboxylic acids is 1. The monoisotopic (exact) mass is 488 g/mol. The second-order valence-corrected chi connectivity index (χ2v) is 11.4. The van der Waals surface area contributed by atoms with Crippen molar-refractivity contribution in [2.24, 2.45) is 0 Å². The van der Waals surface area contributed by atoms with Crippen molar-refractivity contribution in [2.75, 3.05) is 11.9 Å². The Labute approximate surface area is 203 Å². The van der Waals surface area contributed by atoms with Crippen LogP contribution < -0.4 is 5.32 Å². The fourth-order valence-electron chi connectivity index (χ4n) is 4.19. The van der Waals surface area contributed by atoms with Gasteiger partial charge in [-0.15, -0.1) is 11.3 Å². The summed E-state index contributed by atoms with van der Waals surface area (Å²) in [6.45, 7) is 0.762. The number of hydrogen-bond donors (Lipinski definition) is 1. The van der Waals surface area contributed by atoms with Crippen LogP contribution in [0.2, 0.25) is 0 Å². The highest BCUT2D eigenvalue weighted by atomic mass is 32.2. The van der Waals surface area contributed by atoms with Crippen LogP contribution >= 0.6 is 11.3 Å². The van der Waals surface area contributed by atoms with Gasteiger partial charge in [0.15, 0.2) is 0 Å². The summed E-state index contributed by atoms with van der Waals surface area (Å²) in [6, 6.07) is 27.3. The highest BCUT2D eigenvalue weighted by molar-refractivity contribution is 7.91. The van der Waals surface area contributed by atoms with E-state index >= 15 is 0 Å². The summed E-state index contributed by atoms with van der Waals surface area (Å²) in [5, 5.41) is 4.73. The third kappa shape index (κ3) is 4.82. The maximum Gasteiger partial charge on any atom is 0.252 e. The Balaban J connectivity index is 1.25. The van der Waals surface area contributed by atoms with E-state index in [4.69, 9.17) is 0 Å². The predicted molar refractivity (Wildman–Crippen MR) is 136 cm³/mol. The minimum atomic E-state index is -3.50. The molecule has 3 aromatic carbocycles. The van der Waals surface area contributed by atoms with Crippen molar-refractivity contribution < 1.29 is 13.2 Å². The fourth-order valence-corrected chi connectivity index (χ4v) is 6.75. The summed E-state index contributed by atoms with van der Waals surface area (Å²) in [4.78, 5) is 12.7. The van der Waals surface area contributed by atoms with Crippen molar-refractivity contribution in [2.45, 2.75) is 23.6 Å². The molecule has 34 heavy (non-hydrogen) atoms. The third-order valence-corrected chi connectivity index (χ3v) is 9.20. The minimum Gasteiger partial charge on any atom is -0.326 e. The molecule has 0 bridgehead atoms. The second kappa shape index (κ2) is 9.54. The molecule has 5 nitrogen and oxygen atoms in total. The van der Waals surface area contributed by atoms with Gasteiger partial charge in [-0.05, 0) is 57.8 Å². The first-order valence-electron chi connectivity index (χ1n) is 11.1. The Morgan fingerprint density at radius 1 is 0.882 bits per heavy atom. The molecular weight excluding hydrogens is 464 g/mol. The van der Waals surface area contributed by atoms with E-state index in [0.29, 0.717) is 29.4 Å². The quantitative estimate of drug-likeness (QED) is 0.398.